The standard InChI is InChI=1S/C29H42N4O11S/c1-17(2)26(29(42)32-21(15-24(36)37)23(35)12-8-11-19-9-6-5-7-10-19)33-27(40)20(13-14-45(4,43)44)31-28(41)22(16-25(38)39)30-18(3)34/h5-7,9-10,17,20-22,26H,8,11-16H2,1-4H3,(H,30,34)(H,31,41)(H,32,42)(H,33,40)(H,36,37)(H,38,39)/t20-,21-,22-,26-/m0/s1. The molecule has 45 heavy (non-hydrogen) atoms. The molecule has 0 saturated carbocycles. The normalized spacial score (nSPS) is 13.9. The average Bonchev–Trinajstić information content (AvgIpc) is 2.91. The molecule has 1 rings (SSSR count). The van der Waals surface area contributed by atoms with Gasteiger partial charge >= 0.3 is 11.9 Å². The van der Waals surface area contributed by atoms with E-state index in [4.69, 9.17) is 5.11 Å². The Balaban J connectivity index is 3.10. The minimum atomic E-state index is -3.64. The Morgan fingerprint density at radius 2 is 1.29 bits per heavy atom. The number of aliphatic carboxylic acids is 2. The molecule has 0 aromatic heterocycles. The van der Waals surface area contributed by atoms with Crippen LogP contribution in [-0.2, 0) is 49.8 Å². The number of rotatable bonds is 20. The molecule has 0 aliphatic carbocycles. The molecule has 16 heteroatoms. The number of carboxylic acids is 2. The number of sulfone groups is 1. The number of ketones is 1. The molecule has 0 spiro atoms. The van der Waals surface area contributed by atoms with Crippen molar-refractivity contribution < 1.29 is 52.2 Å². The van der Waals surface area contributed by atoms with Crippen molar-refractivity contribution in [2.75, 3.05) is 12.0 Å². The lowest BCUT2D eigenvalue weighted by molar-refractivity contribution is -0.142. The lowest BCUT2D eigenvalue weighted by atomic mass is 9.98. The third kappa shape index (κ3) is 15.8. The van der Waals surface area contributed by atoms with Gasteiger partial charge in [0.25, 0.3) is 0 Å². The summed E-state index contributed by atoms with van der Waals surface area (Å²) in [6.07, 6.45) is -0.133. The zero-order chi connectivity index (χ0) is 34.3. The third-order valence-electron chi connectivity index (χ3n) is 6.55. The lowest BCUT2D eigenvalue weighted by Crippen LogP contribution is -2.59. The van der Waals surface area contributed by atoms with E-state index in [1.165, 1.54) is 0 Å². The van der Waals surface area contributed by atoms with Gasteiger partial charge in [-0.2, -0.15) is 0 Å². The van der Waals surface area contributed by atoms with E-state index < -0.39 is 106 Å². The van der Waals surface area contributed by atoms with E-state index in [1.807, 2.05) is 30.3 Å². The number of carboxylic acid groups (broad SMARTS) is 2. The minimum absolute atomic E-state index is 0.0166. The van der Waals surface area contributed by atoms with Crippen molar-refractivity contribution in [2.24, 2.45) is 5.92 Å². The van der Waals surface area contributed by atoms with Gasteiger partial charge in [-0.15, -0.1) is 0 Å². The van der Waals surface area contributed by atoms with Crippen LogP contribution in [0.1, 0.15) is 58.4 Å². The molecule has 0 heterocycles. The van der Waals surface area contributed by atoms with E-state index in [0.29, 0.717) is 12.8 Å². The van der Waals surface area contributed by atoms with Crippen molar-refractivity contribution in [3.05, 3.63) is 35.9 Å². The molecular weight excluding hydrogens is 612 g/mol. The Hall–Kier alpha value is -4.34. The van der Waals surface area contributed by atoms with Crippen molar-refractivity contribution in [3.63, 3.8) is 0 Å². The van der Waals surface area contributed by atoms with Gasteiger partial charge in [0.2, 0.25) is 23.6 Å². The first-order valence-corrected chi connectivity index (χ1v) is 16.3. The van der Waals surface area contributed by atoms with Crippen molar-refractivity contribution in [3.8, 4) is 0 Å². The van der Waals surface area contributed by atoms with Crippen LogP contribution in [0.25, 0.3) is 0 Å². The van der Waals surface area contributed by atoms with Gasteiger partial charge in [0, 0.05) is 19.6 Å². The summed E-state index contributed by atoms with van der Waals surface area (Å²) in [5, 5.41) is 27.7. The van der Waals surface area contributed by atoms with E-state index >= 15 is 0 Å². The summed E-state index contributed by atoms with van der Waals surface area (Å²) in [5.74, 6) is -8.13. The highest BCUT2D eigenvalue weighted by molar-refractivity contribution is 7.90. The van der Waals surface area contributed by atoms with Crippen LogP contribution in [-0.4, -0.2) is 96.2 Å². The molecule has 0 bridgehead atoms. The van der Waals surface area contributed by atoms with E-state index in [0.717, 1.165) is 18.7 Å². The summed E-state index contributed by atoms with van der Waals surface area (Å²) in [6, 6.07) is 3.43. The van der Waals surface area contributed by atoms with E-state index in [9.17, 15) is 47.1 Å². The first-order valence-electron chi connectivity index (χ1n) is 14.3. The third-order valence-corrected chi connectivity index (χ3v) is 7.52. The molecule has 6 N–H and O–H groups in total. The van der Waals surface area contributed by atoms with Crippen molar-refractivity contribution in [1.29, 1.82) is 0 Å². The SMILES string of the molecule is CC(=O)N[C@@H](CC(=O)O)C(=O)N[C@@H](CCS(C)(=O)=O)C(=O)N[C@H](C(=O)N[C@@H](CC(=O)O)C(=O)CCCc1ccccc1)C(C)C. The summed E-state index contributed by atoms with van der Waals surface area (Å²) in [4.78, 5) is 86.4. The van der Waals surface area contributed by atoms with E-state index in [2.05, 4.69) is 21.3 Å². The number of nitrogens with one attached hydrogen (secondary N) is 4. The second-order valence-electron chi connectivity index (χ2n) is 11.0. The zero-order valence-corrected chi connectivity index (χ0v) is 26.5. The quantitative estimate of drug-likeness (QED) is 0.105. The highest BCUT2D eigenvalue weighted by atomic mass is 32.2. The molecule has 250 valence electrons. The minimum Gasteiger partial charge on any atom is -0.481 e. The average molecular weight is 655 g/mol. The van der Waals surface area contributed by atoms with E-state index in [1.54, 1.807) is 13.8 Å². The second-order valence-corrected chi connectivity index (χ2v) is 13.3. The van der Waals surface area contributed by atoms with Gasteiger partial charge in [-0.05, 0) is 30.7 Å². The lowest BCUT2D eigenvalue weighted by Gasteiger charge is -2.27. The number of amides is 4. The van der Waals surface area contributed by atoms with Gasteiger partial charge in [-0.25, -0.2) is 8.42 Å². The number of carbonyl (C=O) groups is 7. The Morgan fingerprint density at radius 3 is 1.80 bits per heavy atom. The summed E-state index contributed by atoms with van der Waals surface area (Å²) in [5.41, 5.74) is 0.982. The zero-order valence-electron chi connectivity index (χ0n) is 25.7. The maximum Gasteiger partial charge on any atom is 0.305 e. The summed E-state index contributed by atoms with van der Waals surface area (Å²) < 4.78 is 23.6. The Morgan fingerprint density at radius 1 is 0.756 bits per heavy atom. The van der Waals surface area contributed by atoms with E-state index in [-0.39, 0.29) is 6.42 Å². The van der Waals surface area contributed by atoms with Crippen LogP contribution in [0.5, 0.6) is 0 Å². The number of hydrogen-bond acceptors (Lipinski definition) is 9. The molecule has 0 aliphatic rings. The maximum absolute atomic E-state index is 13.3. The molecule has 1 aromatic rings. The second kappa shape index (κ2) is 18.5. The molecule has 4 amide bonds. The van der Waals surface area contributed by atoms with Crippen LogP contribution < -0.4 is 21.3 Å². The van der Waals surface area contributed by atoms with Crippen LogP contribution in [0, 0.1) is 5.92 Å². The van der Waals surface area contributed by atoms with Gasteiger partial charge in [-0.3, -0.25) is 33.6 Å². The van der Waals surface area contributed by atoms with Crippen molar-refractivity contribution >= 4 is 51.2 Å². The van der Waals surface area contributed by atoms with Crippen LogP contribution >= 0.6 is 0 Å². The largest absolute Gasteiger partial charge is 0.481 e. The number of benzene rings is 1. The van der Waals surface area contributed by atoms with Gasteiger partial charge in [0.1, 0.15) is 28.0 Å². The molecule has 15 nitrogen and oxygen atoms in total. The summed E-state index contributed by atoms with van der Waals surface area (Å²) in [7, 11) is -3.64. The first-order chi connectivity index (χ1) is 20.9. The van der Waals surface area contributed by atoms with Gasteiger partial charge in [0.15, 0.2) is 5.78 Å². The fourth-order valence-corrected chi connectivity index (χ4v) is 4.92. The van der Waals surface area contributed by atoms with Gasteiger partial charge in [0.05, 0.1) is 24.6 Å². The maximum atomic E-state index is 13.3. The fourth-order valence-electron chi connectivity index (χ4n) is 4.26. The highest BCUT2D eigenvalue weighted by Gasteiger charge is 2.33. The monoisotopic (exact) mass is 654 g/mol. The van der Waals surface area contributed by atoms with Crippen molar-refractivity contribution in [2.45, 2.75) is 83.5 Å². The smallest absolute Gasteiger partial charge is 0.305 e. The molecule has 0 aliphatic heterocycles. The molecule has 0 radical (unpaired) electrons. The molecule has 0 unspecified atom stereocenters. The summed E-state index contributed by atoms with van der Waals surface area (Å²) >= 11 is 0. The van der Waals surface area contributed by atoms with Gasteiger partial charge in [-0.1, -0.05) is 44.2 Å². The number of hydrogen-bond donors (Lipinski definition) is 6. The fraction of sp³-hybridized carbons (Fsp3) is 0.552. The Kier molecular flexibility index (Phi) is 15.9. The topological polar surface area (TPSA) is 242 Å². The number of aryl methyl sites for hydroxylation is 1. The van der Waals surface area contributed by atoms with Crippen LogP contribution in [0.15, 0.2) is 30.3 Å². The first kappa shape index (κ1) is 38.7. The molecular formula is C29H42N4O11S. The van der Waals surface area contributed by atoms with Crippen molar-refractivity contribution in [1.82, 2.24) is 21.3 Å². The molecule has 0 fully saturated rings. The molecule has 0 saturated heterocycles. The molecule has 4 atom stereocenters. The number of Topliss-reactive ketones (excluding diaryl/α,β-unsaturated/α-hetero) is 1. The summed E-state index contributed by atoms with van der Waals surface area (Å²) in [6.45, 7) is 4.16. The van der Waals surface area contributed by atoms with Crippen LogP contribution in [0.4, 0.5) is 0 Å². The number of carbonyl (C=O) groups excluding carboxylic acids is 5. The Labute approximate surface area is 261 Å². The van der Waals surface area contributed by atoms with Gasteiger partial charge < -0.3 is 31.5 Å². The molecule has 1 aromatic carbocycles. The predicted octanol–water partition coefficient (Wildman–Crippen LogP) is -0.422. The van der Waals surface area contributed by atoms with Crippen LogP contribution in [0.2, 0.25) is 0 Å². The predicted molar refractivity (Wildman–Crippen MR) is 161 cm³/mol. The highest BCUT2D eigenvalue weighted by Crippen LogP contribution is 2.10. The Bertz CT molecular complexity index is 1320. The van der Waals surface area contributed by atoms with Crippen LogP contribution in [0.3, 0.4) is 0 Å².